The van der Waals surface area contributed by atoms with Crippen molar-refractivity contribution in [2.45, 2.75) is 32.1 Å². The number of hydrogen-bond donors (Lipinski definition) is 0. The summed E-state index contributed by atoms with van der Waals surface area (Å²) in [5, 5.41) is 0. The van der Waals surface area contributed by atoms with E-state index in [9.17, 15) is 9.59 Å². The van der Waals surface area contributed by atoms with E-state index < -0.39 is 0 Å². The van der Waals surface area contributed by atoms with Crippen molar-refractivity contribution in [3.63, 3.8) is 0 Å². The number of rotatable bonds is 3. The second-order valence-corrected chi connectivity index (χ2v) is 4.02. The number of aldehydes is 1. The molecule has 1 aliphatic rings. The molecular formula is C11H19NO3. The molecule has 0 spiro atoms. The highest BCUT2D eigenvalue weighted by Crippen LogP contribution is 2.20. The molecule has 1 saturated heterocycles. The monoisotopic (exact) mass is 213 g/mol. The Morgan fingerprint density at radius 2 is 2.33 bits per heavy atom. The van der Waals surface area contributed by atoms with Gasteiger partial charge in [0.25, 0.3) is 0 Å². The van der Waals surface area contributed by atoms with Gasteiger partial charge in [-0.1, -0.05) is 6.42 Å². The Hall–Kier alpha value is -1.06. The number of ether oxygens (including phenoxy) is 1. The summed E-state index contributed by atoms with van der Waals surface area (Å²) >= 11 is 0. The van der Waals surface area contributed by atoms with Crippen LogP contribution in [-0.2, 0) is 9.53 Å². The average molecular weight is 213 g/mol. The van der Waals surface area contributed by atoms with Gasteiger partial charge in [0, 0.05) is 19.5 Å². The van der Waals surface area contributed by atoms with Gasteiger partial charge in [-0.2, -0.15) is 0 Å². The second-order valence-electron chi connectivity index (χ2n) is 4.02. The third kappa shape index (κ3) is 3.90. The molecule has 0 N–H and O–H groups in total. The van der Waals surface area contributed by atoms with E-state index in [4.69, 9.17) is 4.74 Å². The standard InChI is InChI=1S/C11H19NO3/c1-15-11(14)12-7-3-2-5-10(9-12)6-4-8-13/h8,10H,2-7,9H2,1H3. The van der Waals surface area contributed by atoms with E-state index in [1.54, 1.807) is 4.90 Å². The first-order valence-electron chi connectivity index (χ1n) is 5.54. The smallest absolute Gasteiger partial charge is 0.409 e. The van der Waals surface area contributed by atoms with Crippen LogP contribution in [0.15, 0.2) is 0 Å². The van der Waals surface area contributed by atoms with Gasteiger partial charge in [-0.25, -0.2) is 4.79 Å². The Bertz CT molecular complexity index is 218. The lowest BCUT2D eigenvalue weighted by molar-refractivity contribution is -0.108. The van der Waals surface area contributed by atoms with Crippen LogP contribution < -0.4 is 0 Å². The van der Waals surface area contributed by atoms with Gasteiger partial charge in [0.1, 0.15) is 6.29 Å². The van der Waals surface area contributed by atoms with Gasteiger partial charge in [0.05, 0.1) is 7.11 Å². The molecule has 1 aliphatic heterocycles. The molecule has 15 heavy (non-hydrogen) atoms. The zero-order valence-corrected chi connectivity index (χ0v) is 9.28. The second kappa shape index (κ2) is 6.43. The van der Waals surface area contributed by atoms with Gasteiger partial charge in [0.2, 0.25) is 0 Å². The van der Waals surface area contributed by atoms with Crippen molar-refractivity contribution in [2.24, 2.45) is 5.92 Å². The van der Waals surface area contributed by atoms with E-state index in [1.165, 1.54) is 7.11 Å². The summed E-state index contributed by atoms with van der Waals surface area (Å²) in [5.41, 5.74) is 0. The molecule has 0 aromatic rings. The van der Waals surface area contributed by atoms with Crippen molar-refractivity contribution in [3.8, 4) is 0 Å². The molecule has 4 nitrogen and oxygen atoms in total. The summed E-state index contributed by atoms with van der Waals surface area (Å²) in [6, 6.07) is 0. The Balaban J connectivity index is 2.45. The topological polar surface area (TPSA) is 46.6 Å². The minimum atomic E-state index is -0.243. The van der Waals surface area contributed by atoms with Crippen LogP contribution >= 0.6 is 0 Å². The lowest BCUT2D eigenvalue weighted by Crippen LogP contribution is -2.34. The van der Waals surface area contributed by atoms with Gasteiger partial charge in [0.15, 0.2) is 0 Å². The van der Waals surface area contributed by atoms with E-state index in [1.807, 2.05) is 0 Å². The number of nitrogens with zero attached hydrogens (tertiary/aromatic N) is 1. The molecule has 0 aliphatic carbocycles. The van der Waals surface area contributed by atoms with Crippen LogP contribution in [0.3, 0.4) is 0 Å². The lowest BCUT2D eigenvalue weighted by atomic mass is 9.98. The fourth-order valence-electron chi connectivity index (χ4n) is 2.06. The van der Waals surface area contributed by atoms with E-state index in [-0.39, 0.29) is 6.09 Å². The Morgan fingerprint density at radius 1 is 1.53 bits per heavy atom. The number of likely N-dealkylation sites (tertiary alicyclic amines) is 1. The minimum Gasteiger partial charge on any atom is -0.453 e. The third-order valence-corrected chi connectivity index (χ3v) is 2.89. The summed E-state index contributed by atoms with van der Waals surface area (Å²) in [4.78, 5) is 23.4. The molecule has 86 valence electrons. The predicted octanol–water partition coefficient (Wildman–Crippen LogP) is 1.83. The molecule has 0 aromatic carbocycles. The molecule has 0 aromatic heterocycles. The normalized spacial score (nSPS) is 21.9. The van der Waals surface area contributed by atoms with Gasteiger partial charge >= 0.3 is 6.09 Å². The summed E-state index contributed by atoms with van der Waals surface area (Å²) in [5.74, 6) is 0.455. The summed E-state index contributed by atoms with van der Waals surface area (Å²) in [6.07, 6.45) is 5.47. The number of amides is 1. The summed E-state index contributed by atoms with van der Waals surface area (Å²) in [6.45, 7) is 1.52. The SMILES string of the molecule is COC(=O)N1CCCCC(CCC=O)C1. The fraction of sp³-hybridized carbons (Fsp3) is 0.818. The lowest BCUT2D eigenvalue weighted by Gasteiger charge is -2.22. The van der Waals surface area contributed by atoms with Gasteiger partial charge in [-0.15, -0.1) is 0 Å². The predicted molar refractivity (Wildman–Crippen MR) is 56.6 cm³/mol. The van der Waals surface area contributed by atoms with Crippen LogP contribution in [0.2, 0.25) is 0 Å². The van der Waals surface area contributed by atoms with E-state index in [0.29, 0.717) is 12.3 Å². The van der Waals surface area contributed by atoms with E-state index in [0.717, 1.165) is 45.1 Å². The largest absolute Gasteiger partial charge is 0.453 e. The Morgan fingerprint density at radius 3 is 3.00 bits per heavy atom. The van der Waals surface area contributed by atoms with Crippen molar-refractivity contribution in [1.29, 1.82) is 0 Å². The Labute approximate surface area is 90.6 Å². The summed E-state index contributed by atoms with van der Waals surface area (Å²) < 4.78 is 4.72. The minimum absolute atomic E-state index is 0.243. The van der Waals surface area contributed by atoms with E-state index >= 15 is 0 Å². The third-order valence-electron chi connectivity index (χ3n) is 2.89. The van der Waals surface area contributed by atoms with Crippen LogP contribution in [0.1, 0.15) is 32.1 Å². The first-order chi connectivity index (χ1) is 7.27. The molecular weight excluding hydrogens is 194 g/mol. The molecule has 0 bridgehead atoms. The maximum atomic E-state index is 11.4. The summed E-state index contributed by atoms with van der Waals surface area (Å²) in [7, 11) is 1.41. The number of carbonyl (C=O) groups is 2. The zero-order chi connectivity index (χ0) is 11.1. The van der Waals surface area contributed by atoms with Crippen LogP contribution in [-0.4, -0.2) is 37.5 Å². The molecule has 0 saturated carbocycles. The quantitative estimate of drug-likeness (QED) is 0.672. The zero-order valence-electron chi connectivity index (χ0n) is 9.28. The molecule has 1 fully saturated rings. The molecule has 4 heteroatoms. The highest BCUT2D eigenvalue weighted by molar-refractivity contribution is 5.67. The van der Waals surface area contributed by atoms with Crippen molar-refractivity contribution >= 4 is 12.4 Å². The molecule has 1 rings (SSSR count). The van der Waals surface area contributed by atoms with Gasteiger partial charge in [-0.05, 0) is 25.2 Å². The molecule has 0 radical (unpaired) electrons. The first-order valence-corrected chi connectivity index (χ1v) is 5.54. The van der Waals surface area contributed by atoms with Crippen LogP contribution in [0.4, 0.5) is 4.79 Å². The maximum absolute atomic E-state index is 11.4. The number of methoxy groups -OCH3 is 1. The maximum Gasteiger partial charge on any atom is 0.409 e. The molecule has 1 unspecified atom stereocenters. The average Bonchev–Trinajstić information content (AvgIpc) is 2.50. The van der Waals surface area contributed by atoms with Crippen molar-refractivity contribution in [3.05, 3.63) is 0 Å². The van der Waals surface area contributed by atoms with Crippen molar-refractivity contribution in [2.75, 3.05) is 20.2 Å². The van der Waals surface area contributed by atoms with Crippen LogP contribution in [0.25, 0.3) is 0 Å². The first kappa shape index (κ1) is 12.0. The number of hydrogen-bond acceptors (Lipinski definition) is 3. The van der Waals surface area contributed by atoms with Crippen LogP contribution in [0.5, 0.6) is 0 Å². The van der Waals surface area contributed by atoms with E-state index in [2.05, 4.69) is 0 Å². The Kier molecular flexibility index (Phi) is 5.15. The van der Waals surface area contributed by atoms with Crippen LogP contribution in [0, 0.1) is 5.92 Å². The molecule has 1 atom stereocenters. The van der Waals surface area contributed by atoms with Crippen molar-refractivity contribution in [1.82, 2.24) is 4.90 Å². The highest BCUT2D eigenvalue weighted by atomic mass is 16.5. The molecule has 1 amide bonds. The van der Waals surface area contributed by atoms with Gasteiger partial charge in [-0.3, -0.25) is 0 Å². The van der Waals surface area contributed by atoms with Crippen molar-refractivity contribution < 1.29 is 14.3 Å². The van der Waals surface area contributed by atoms with Gasteiger partial charge < -0.3 is 14.4 Å². The molecule has 1 heterocycles. The highest BCUT2D eigenvalue weighted by Gasteiger charge is 2.21. The fourth-order valence-corrected chi connectivity index (χ4v) is 2.06. The number of carbonyl (C=O) groups excluding carboxylic acids is 2.